The molecule has 2 N–H and O–H groups in total. The lowest BCUT2D eigenvalue weighted by Crippen LogP contribution is -2.25. The van der Waals surface area contributed by atoms with Gasteiger partial charge in [0.15, 0.2) is 16.7 Å². The van der Waals surface area contributed by atoms with Crippen LogP contribution < -0.4 is 15.4 Å². The first kappa shape index (κ1) is 33.3. The molecule has 0 saturated heterocycles. The van der Waals surface area contributed by atoms with Crippen LogP contribution in [-0.4, -0.2) is 63.6 Å². The maximum atomic E-state index is 13.4. The summed E-state index contributed by atoms with van der Waals surface area (Å²) in [6.45, 7) is 9.32. The average molecular weight is 656 g/mol. The lowest BCUT2D eigenvalue weighted by molar-refractivity contribution is -0.115. The number of hydrogen-bond donors (Lipinski definition) is 2. The number of ether oxygens (including phenoxy) is 3. The van der Waals surface area contributed by atoms with Crippen LogP contribution in [0.1, 0.15) is 69.7 Å². The number of esters is 2. The van der Waals surface area contributed by atoms with Crippen LogP contribution in [0.5, 0.6) is 5.75 Å². The number of furan rings is 1. The predicted octanol–water partition coefficient (Wildman–Crippen LogP) is 5.03. The maximum Gasteiger partial charge on any atom is 0.348 e. The Morgan fingerprint density at radius 3 is 2.36 bits per heavy atom. The molecule has 15 heteroatoms. The minimum absolute atomic E-state index is 0.0227. The van der Waals surface area contributed by atoms with Gasteiger partial charge >= 0.3 is 11.9 Å². The van der Waals surface area contributed by atoms with E-state index in [1.54, 1.807) is 56.5 Å². The highest BCUT2D eigenvalue weighted by Crippen LogP contribution is 2.35. The van der Waals surface area contributed by atoms with Crippen molar-refractivity contribution in [1.82, 2.24) is 20.1 Å². The minimum atomic E-state index is -0.732. The van der Waals surface area contributed by atoms with E-state index in [0.29, 0.717) is 34.6 Å². The predicted molar refractivity (Wildman–Crippen MR) is 167 cm³/mol. The van der Waals surface area contributed by atoms with Gasteiger partial charge in [-0.15, -0.1) is 21.5 Å². The van der Waals surface area contributed by atoms with Crippen LogP contribution in [0.25, 0.3) is 5.69 Å². The number of anilines is 1. The molecule has 45 heavy (non-hydrogen) atoms. The number of hydrogen-bond acceptors (Lipinski definition) is 12. The number of carbonyl (C=O) groups excluding carboxylic acids is 4. The highest BCUT2D eigenvalue weighted by molar-refractivity contribution is 8.00. The van der Waals surface area contributed by atoms with Crippen molar-refractivity contribution in [2.45, 2.75) is 51.6 Å². The molecule has 13 nitrogen and oxygen atoms in total. The van der Waals surface area contributed by atoms with Gasteiger partial charge in [0.05, 0.1) is 43.4 Å². The van der Waals surface area contributed by atoms with Gasteiger partial charge < -0.3 is 29.3 Å². The van der Waals surface area contributed by atoms with Gasteiger partial charge in [-0.3, -0.25) is 14.2 Å². The molecule has 1 atom stereocenters. The van der Waals surface area contributed by atoms with Gasteiger partial charge in [-0.05, 0) is 76.6 Å². The molecule has 0 saturated carbocycles. The summed E-state index contributed by atoms with van der Waals surface area (Å²) >= 11 is 2.07. The van der Waals surface area contributed by atoms with Gasteiger partial charge in [-0.1, -0.05) is 11.8 Å². The number of amides is 2. The maximum absolute atomic E-state index is 13.4. The zero-order chi connectivity index (χ0) is 32.5. The number of thioether (sulfide) groups is 1. The fourth-order valence-electron chi connectivity index (χ4n) is 4.13. The summed E-state index contributed by atoms with van der Waals surface area (Å²) in [5, 5.41) is 14.0. The molecule has 0 aliphatic rings. The van der Waals surface area contributed by atoms with Gasteiger partial charge in [-0.25, -0.2) is 9.59 Å². The zero-order valence-corrected chi connectivity index (χ0v) is 27.0. The minimum Gasteiger partial charge on any atom is -0.494 e. The molecule has 0 unspecified atom stereocenters. The van der Waals surface area contributed by atoms with Crippen molar-refractivity contribution < 1.29 is 37.8 Å². The fourth-order valence-corrected chi connectivity index (χ4v) is 6.11. The molecule has 0 aliphatic carbocycles. The summed E-state index contributed by atoms with van der Waals surface area (Å²) in [4.78, 5) is 51.5. The summed E-state index contributed by atoms with van der Waals surface area (Å²) in [5.41, 5.74) is 1.14. The molecule has 3 aromatic heterocycles. The van der Waals surface area contributed by atoms with Crippen molar-refractivity contribution >= 4 is 51.9 Å². The summed E-state index contributed by atoms with van der Waals surface area (Å²) in [7, 11) is 0. The molecule has 4 aromatic rings. The van der Waals surface area contributed by atoms with E-state index >= 15 is 0 Å². The number of nitrogens with zero attached hydrogens (tertiary/aromatic N) is 3. The van der Waals surface area contributed by atoms with Crippen LogP contribution in [0, 0.1) is 6.92 Å². The molecule has 3 heterocycles. The Labute approximate surface area is 267 Å². The molecule has 238 valence electrons. The third kappa shape index (κ3) is 7.91. The van der Waals surface area contributed by atoms with Crippen molar-refractivity contribution in [3.05, 3.63) is 70.3 Å². The van der Waals surface area contributed by atoms with E-state index in [4.69, 9.17) is 18.6 Å². The van der Waals surface area contributed by atoms with Crippen LogP contribution in [-0.2, 0) is 20.8 Å². The lowest BCUT2D eigenvalue weighted by atomic mass is 10.1. The second-order valence-corrected chi connectivity index (χ2v) is 11.6. The van der Waals surface area contributed by atoms with Crippen molar-refractivity contribution in [2.75, 3.05) is 25.1 Å². The lowest BCUT2D eigenvalue weighted by Gasteiger charge is -2.15. The van der Waals surface area contributed by atoms with Gasteiger partial charge in [0, 0.05) is 5.69 Å². The van der Waals surface area contributed by atoms with Gasteiger partial charge in [-0.2, -0.15) is 0 Å². The summed E-state index contributed by atoms with van der Waals surface area (Å²) in [5.74, 6) is -0.886. The Kier molecular flexibility index (Phi) is 11.4. The molecule has 0 fully saturated rings. The summed E-state index contributed by atoms with van der Waals surface area (Å²) in [6.07, 6.45) is 1.41. The summed E-state index contributed by atoms with van der Waals surface area (Å²) < 4.78 is 22.8. The second kappa shape index (κ2) is 15.4. The van der Waals surface area contributed by atoms with Crippen molar-refractivity contribution in [3.8, 4) is 11.4 Å². The van der Waals surface area contributed by atoms with E-state index in [2.05, 4.69) is 20.8 Å². The number of nitrogens with one attached hydrogen (secondary N) is 2. The van der Waals surface area contributed by atoms with Crippen molar-refractivity contribution in [3.63, 3.8) is 0 Å². The smallest absolute Gasteiger partial charge is 0.348 e. The van der Waals surface area contributed by atoms with Crippen LogP contribution in [0.4, 0.5) is 5.00 Å². The van der Waals surface area contributed by atoms with Crippen LogP contribution in [0.2, 0.25) is 0 Å². The van der Waals surface area contributed by atoms with Gasteiger partial charge in [0.25, 0.3) is 5.91 Å². The zero-order valence-electron chi connectivity index (χ0n) is 25.4. The van der Waals surface area contributed by atoms with E-state index in [1.165, 1.54) is 6.26 Å². The Balaban J connectivity index is 1.59. The first-order valence-electron chi connectivity index (χ1n) is 14.1. The average Bonchev–Trinajstić information content (AvgIpc) is 3.76. The third-order valence-electron chi connectivity index (χ3n) is 6.23. The van der Waals surface area contributed by atoms with Crippen molar-refractivity contribution in [1.29, 1.82) is 0 Å². The Hall–Kier alpha value is -4.63. The van der Waals surface area contributed by atoms with Gasteiger partial charge in [0.1, 0.15) is 15.6 Å². The Bertz CT molecular complexity index is 1650. The molecule has 0 bridgehead atoms. The van der Waals surface area contributed by atoms with E-state index in [9.17, 15) is 19.2 Å². The van der Waals surface area contributed by atoms with Crippen LogP contribution >= 0.6 is 23.1 Å². The molecular weight excluding hydrogens is 622 g/mol. The van der Waals surface area contributed by atoms with E-state index in [-0.39, 0.29) is 41.0 Å². The Morgan fingerprint density at radius 1 is 1.00 bits per heavy atom. The molecule has 2 amide bonds. The van der Waals surface area contributed by atoms with E-state index in [0.717, 1.165) is 23.1 Å². The first-order valence-corrected chi connectivity index (χ1v) is 15.8. The van der Waals surface area contributed by atoms with Crippen LogP contribution in [0.3, 0.4) is 0 Å². The molecule has 0 radical (unpaired) electrons. The van der Waals surface area contributed by atoms with Gasteiger partial charge in [0.2, 0.25) is 5.91 Å². The third-order valence-corrected chi connectivity index (χ3v) is 8.46. The quantitative estimate of drug-likeness (QED) is 0.138. The van der Waals surface area contributed by atoms with Crippen LogP contribution in [0.15, 0.2) is 52.2 Å². The second-order valence-electron chi connectivity index (χ2n) is 9.27. The Morgan fingerprint density at radius 2 is 1.71 bits per heavy atom. The summed E-state index contributed by atoms with van der Waals surface area (Å²) in [6, 6.07) is 10.4. The molecule has 0 aliphatic heterocycles. The molecule has 4 rings (SSSR count). The molecule has 0 spiro atoms. The first-order chi connectivity index (χ1) is 21.7. The number of benzene rings is 1. The highest BCUT2D eigenvalue weighted by atomic mass is 32.2. The topological polar surface area (TPSA) is 164 Å². The number of thiophene rings is 1. The number of rotatable bonds is 14. The highest BCUT2D eigenvalue weighted by Gasteiger charge is 2.29. The van der Waals surface area contributed by atoms with Crippen molar-refractivity contribution in [2.24, 2.45) is 0 Å². The fraction of sp³-hybridized carbons (Fsp3) is 0.333. The number of aromatic nitrogens is 3. The largest absolute Gasteiger partial charge is 0.494 e. The SMILES string of the molecule is CCOC(=O)c1sc(NC(=O)[C@H](C)Sc2nnc(CNC(=O)c3ccco3)n2-c2ccc(OCC)cc2)c(C(=O)OCC)c1C. The van der Waals surface area contributed by atoms with E-state index in [1.807, 2.05) is 19.1 Å². The normalized spacial score (nSPS) is 11.5. The monoisotopic (exact) mass is 655 g/mol. The molecule has 1 aromatic carbocycles. The standard InChI is InChI=1S/C30H33N5O8S2/c1-6-40-20-13-11-19(12-14-20)35-22(16-31-26(37)21-10-9-15-43-21)33-34-30(35)44-18(5)25(36)32-27-23(28(38)41-7-2)17(4)24(45-27)29(39)42-8-3/h9-15,18H,6-8,16H2,1-5H3,(H,31,37)(H,32,36)/t18-/m0/s1. The van der Waals surface area contributed by atoms with E-state index < -0.39 is 29.0 Å². The molecular formula is C30H33N5O8S2. The number of carbonyl (C=O) groups is 4.